The van der Waals surface area contributed by atoms with E-state index >= 15 is 0 Å². The molecule has 0 saturated heterocycles. The van der Waals surface area contributed by atoms with Crippen molar-refractivity contribution in [1.82, 2.24) is 9.13 Å². The van der Waals surface area contributed by atoms with Crippen LogP contribution in [-0.4, -0.2) is 20.0 Å². The average Bonchev–Trinajstić information content (AvgIpc) is 3.01. The molecule has 33 heavy (non-hydrogen) atoms. The van der Waals surface area contributed by atoms with Crippen molar-refractivity contribution in [2.75, 3.05) is 0 Å². The van der Waals surface area contributed by atoms with Gasteiger partial charge in [0.05, 0.1) is 13.1 Å². The fourth-order valence-electron chi connectivity index (χ4n) is 3.88. The molecular formula is C27H36BrN3O2. The Hall–Kier alpha value is -2.60. The van der Waals surface area contributed by atoms with E-state index in [1.807, 2.05) is 64.4 Å². The number of aromatic nitrogens is 2. The molecule has 178 valence electrons. The van der Waals surface area contributed by atoms with Gasteiger partial charge in [-0.25, -0.2) is 0 Å². The second kappa shape index (κ2) is 9.72. The van der Waals surface area contributed by atoms with E-state index in [1.54, 1.807) is 22.9 Å². The summed E-state index contributed by atoms with van der Waals surface area (Å²) in [4.78, 5) is 13.3. The number of rotatable bonds is 5. The quantitative estimate of drug-likeness (QED) is 0.417. The van der Waals surface area contributed by atoms with Crippen molar-refractivity contribution in [2.45, 2.75) is 72.4 Å². The molecule has 0 radical (unpaired) electrons. The van der Waals surface area contributed by atoms with Crippen LogP contribution in [0, 0.1) is 12.3 Å². The second-order valence-corrected chi connectivity index (χ2v) is 10.6. The molecule has 3 rings (SSSR count). The summed E-state index contributed by atoms with van der Waals surface area (Å²) in [5, 5.41) is 19.5. The van der Waals surface area contributed by atoms with Crippen molar-refractivity contribution in [2.24, 2.45) is 0 Å². The molecule has 0 amide bonds. The number of hydrogen-bond donors (Lipinski definition) is 2. The van der Waals surface area contributed by atoms with Crippen LogP contribution in [-0.2, 0) is 23.9 Å². The van der Waals surface area contributed by atoms with Gasteiger partial charge in [-0.05, 0) is 41.0 Å². The standard InChI is InChI=1S/C27H35N3O2.BrH/c1-18-10-8-9-11-19(18)16-29-12-13-30(25(29)28)17-23(31)20-14-21(26(2,3)4)24(32)22(15-20)27(5,6)7;/h8-15,28,32H,16-17H2,1-7H3;1H. The van der Waals surface area contributed by atoms with E-state index < -0.39 is 0 Å². The first kappa shape index (κ1) is 26.7. The Kier molecular flexibility index (Phi) is 7.85. The van der Waals surface area contributed by atoms with Crippen LogP contribution < -0.4 is 5.62 Å². The molecule has 0 unspecified atom stereocenters. The van der Waals surface area contributed by atoms with E-state index in [2.05, 4.69) is 19.1 Å². The highest BCUT2D eigenvalue weighted by molar-refractivity contribution is 8.93. The van der Waals surface area contributed by atoms with Crippen LogP contribution in [0.3, 0.4) is 0 Å². The predicted molar refractivity (Wildman–Crippen MR) is 139 cm³/mol. The lowest BCUT2D eigenvalue weighted by atomic mass is 9.78. The van der Waals surface area contributed by atoms with Crippen molar-refractivity contribution in [3.8, 4) is 5.75 Å². The first-order valence-corrected chi connectivity index (χ1v) is 11.0. The summed E-state index contributed by atoms with van der Waals surface area (Å²) in [5.41, 5.74) is 4.11. The lowest BCUT2D eigenvalue weighted by Crippen LogP contribution is -2.28. The number of carbonyl (C=O) groups is 1. The molecular weight excluding hydrogens is 478 g/mol. The topological polar surface area (TPSA) is 71.0 Å². The van der Waals surface area contributed by atoms with E-state index in [9.17, 15) is 9.90 Å². The van der Waals surface area contributed by atoms with Crippen LogP contribution in [0.25, 0.3) is 0 Å². The van der Waals surface area contributed by atoms with Gasteiger partial charge in [0, 0.05) is 29.1 Å². The van der Waals surface area contributed by atoms with Gasteiger partial charge in [-0.2, -0.15) is 0 Å². The zero-order valence-electron chi connectivity index (χ0n) is 20.7. The summed E-state index contributed by atoms with van der Waals surface area (Å²) in [5.74, 6) is 0.188. The molecule has 0 aliphatic rings. The molecule has 0 saturated carbocycles. The minimum absolute atomic E-state index is 0. The summed E-state index contributed by atoms with van der Waals surface area (Å²) in [6, 6.07) is 11.7. The number of ketones is 1. The monoisotopic (exact) mass is 513 g/mol. The Balaban J connectivity index is 0.00000385. The Morgan fingerprint density at radius 3 is 1.97 bits per heavy atom. The minimum Gasteiger partial charge on any atom is -0.507 e. The highest BCUT2D eigenvalue weighted by Gasteiger charge is 2.27. The van der Waals surface area contributed by atoms with Crippen molar-refractivity contribution in [3.63, 3.8) is 0 Å². The number of aryl methyl sites for hydroxylation is 1. The zero-order chi connectivity index (χ0) is 23.8. The molecule has 0 aliphatic carbocycles. The van der Waals surface area contributed by atoms with Gasteiger partial charge in [0.2, 0.25) is 5.62 Å². The van der Waals surface area contributed by atoms with Gasteiger partial charge in [0.1, 0.15) is 5.75 Å². The first-order chi connectivity index (χ1) is 14.8. The summed E-state index contributed by atoms with van der Waals surface area (Å²) < 4.78 is 3.51. The maximum Gasteiger partial charge on any atom is 0.202 e. The predicted octanol–water partition coefficient (Wildman–Crippen LogP) is 5.89. The van der Waals surface area contributed by atoms with Crippen LogP contribution in [0.2, 0.25) is 0 Å². The van der Waals surface area contributed by atoms with Crippen molar-refractivity contribution in [3.05, 3.63) is 82.2 Å². The van der Waals surface area contributed by atoms with Crippen LogP contribution in [0.4, 0.5) is 0 Å². The van der Waals surface area contributed by atoms with E-state index in [0.29, 0.717) is 12.1 Å². The molecule has 5 nitrogen and oxygen atoms in total. The maximum absolute atomic E-state index is 13.3. The summed E-state index contributed by atoms with van der Waals surface area (Å²) in [6.45, 7) is 14.9. The molecule has 1 heterocycles. The number of nitrogens with one attached hydrogen (secondary N) is 1. The number of imidazole rings is 1. The minimum atomic E-state index is -0.301. The molecule has 6 heteroatoms. The van der Waals surface area contributed by atoms with Crippen molar-refractivity contribution >= 4 is 22.8 Å². The summed E-state index contributed by atoms with van der Waals surface area (Å²) in [6.07, 6.45) is 3.63. The number of Topliss-reactive ketones (excluding diaryl/α,β-unsaturated/α-hetero) is 1. The molecule has 0 atom stereocenters. The third-order valence-electron chi connectivity index (χ3n) is 5.93. The lowest BCUT2D eigenvalue weighted by molar-refractivity contribution is 0.0970. The highest BCUT2D eigenvalue weighted by atomic mass is 79.9. The van der Waals surface area contributed by atoms with Crippen molar-refractivity contribution < 1.29 is 9.90 Å². The van der Waals surface area contributed by atoms with Crippen LogP contribution in [0.5, 0.6) is 5.75 Å². The molecule has 0 spiro atoms. The van der Waals surface area contributed by atoms with E-state index in [4.69, 9.17) is 5.41 Å². The number of hydrogen-bond acceptors (Lipinski definition) is 3. The van der Waals surface area contributed by atoms with Gasteiger partial charge >= 0.3 is 0 Å². The molecule has 0 aliphatic heterocycles. The largest absolute Gasteiger partial charge is 0.507 e. The summed E-state index contributed by atoms with van der Waals surface area (Å²) >= 11 is 0. The Morgan fingerprint density at radius 1 is 0.939 bits per heavy atom. The molecule has 0 fully saturated rings. The first-order valence-electron chi connectivity index (χ1n) is 11.0. The molecule has 2 N–H and O–H groups in total. The number of aromatic hydroxyl groups is 1. The second-order valence-electron chi connectivity index (χ2n) is 10.6. The number of halogens is 1. The van der Waals surface area contributed by atoms with E-state index in [0.717, 1.165) is 16.7 Å². The maximum atomic E-state index is 13.3. The van der Waals surface area contributed by atoms with Crippen molar-refractivity contribution in [1.29, 1.82) is 5.41 Å². The van der Waals surface area contributed by atoms with Gasteiger partial charge in [-0.3, -0.25) is 10.2 Å². The Bertz CT molecular complexity index is 1170. The third-order valence-corrected chi connectivity index (χ3v) is 5.93. The fraction of sp³-hybridized carbons (Fsp3) is 0.407. The fourth-order valence-corrected chi connectivity index (χ4v) is 3.88. The molecule has 1 aromatic heterocycles. The van der Waals surface area contributed by atoms with Gasteiger partial charge in [-0.1, -0.05) is 65.8 Å². The highest BCUT2D eigenvalue weighted by Crippen LogP contribution is 2.39. The van der Waals surface area contributed by atoms with Gasteiger partial charge in [0.25, 0.3) is 0 Å². The van der Waals surface area contributed by atoms with Gasteiger partial charge < -0.3 is 14.2 Å². The molecule has 2 aromatic carbocycles. The third kappa shape index (κ3) is 5.85. The number of nitrogens with zero attached hydrogens (tertiary/aromatic N) is 2. The summed E-state index contributed by atoms with van der Waals surface area (Å²) in [7, 11) is 0. The Morgan fingerprint density at radius 2 is 1.45 bits per heavy atom. The smallest absolute Gasteiger partial charge is 0.202 e. The average molecular weight is 515 g/mol. The molecule has 3 aromatic rings. The number of phenols is 1. The Labute approximate surface area is 207 Å². The van der Waals surface area contributed by atoms with Crippen LogP contribution in [0.15, 0.2) is 48.8 Å². The van der Waals surface area contributed by atoms with Gasteiger partial charge in [-0.15, -0.1) is 17.0 Å². The lowest BCUT2D eigenvalue weighted by Gasteiger charge is -2.28. The van der Waals surface area contributed by atoms with E-state index in [-0.39, 0.29) is 51.5 Å². The van der Waals surface area contributed by atoms with E-state index in [1.165, 1.54) is 5.56 Å². The normalized spacial score (nSPS) is 11.8. The van der Waals surface area contributed by atoms with Gasteiger partial charge in [0.15, 0.2) is 5.78 Å². The number of phenolic OH excluding ortho intramolecular Hbond substituents is 1. The SMILES string of the molecule is Br.Cc1ccccc1Cn1ccn(CC(=O)c2cc(C(C)(C)C)c(O)c(C(C)(C)C)c2)c1=N. The van der Waals surface area contributed by atoms with Crippen LogP contribution in [0.1, 0.15) is 74.2 Å². The molecule has 0 bridgehead atoms. The van der Waals surface area contributed by atoms with Crippen LogP contribution >= 0.6 is 17.0 Å². The number of carbonyl (C=O) groups excluding carboxylic acids is 1. The number of benzene rings is 2. The zero-order valence-corrected chi connectivity index (χ0v) is 22.4.